The first-order valence-electron chi connectivity index (χ1n) is 25.7. The molecule has 6 rings (SSSR count). The predicted octanol–water partition coefficient (Wildman–Crippen LogP) is 10.3. The number of carbonyl (C=O) groups is 3. The van der Waals surface area contributed by atoms with Gasteiger partial charge in [-0.25, -0.2) is 0 Å². The van der Waals surface area contributed by atoms with E-state index >= 15 is 0 Å². The number of halogens is 18. The number of carbonyl (C=O) groups excluding carboxylic acids is 3. The fourth-order valence-electron chi connectivity index (χ4n) is 7.91. The zero-order valence-corrected chi connectivity index (χ0v) is 44.3. The first-order chi connectivity index (χ1) is 39.1. The van der Waals surface area contributed by atoms with E-state index in [1.54, 1.807) is 0 Å². The minimum absolute atomic E-state index is 0.0157. The molecule has 84 heavy (non-hydrogen) atoms. The van der Waals surface area contributed by atoms with Gasteiger partial charge in [0, 0.05) is 37.8 Å². The van der Waals surface area contributed by atoms with E-state index in [2.05, 4.69) is 60.3 Å². The zero-order valence-electron chi connectivity index (χ0n) is 44.3. The lowest BCUT2D eigenvalue weighted by Gasteiger charge is -2.24. The molecule has 33 heteroatoms. The number of rotatable bonds is 21. The Morgan fingerprint density at radius 2 is 0.583 bits per heavy atom. The number of nitrogens with one attached hydrogen (secondary N) is 6. The molecule has 3 heterocycles. The fraction of sp³-hybridized carbons (Fsp3) is 0.588. The van der Waals surface area contributed by atoms with Crippen LogP contribution >= 0.6 is 0 Å². The molecule has 3 aromatic carbocycles. The SMILES string of the molecule is O=C(NCC1CCCCN1)c1cc(OCC(F)(F)F)ccc1OCC(F)(F)F.O=C(NCC1CCCCN1)c1cc(OCC(F)(F)F)ccc1OCC(F)(F)F.O=C(NCC1CCCCN1)c1cc(OCC(F)(F)F)ccc1OCC(F)(F)F. The molecule has 3 aromatic rings. The number of benzene rings is 3. The third kappa shape index (κ3) is 29.3. The average Bonchev–Trinajstić information content (AvgIpc) is 2.95. The molecule has 3 aliphatic rings. The third-order valence-electron chi connectivity index (χ3n) is 11.7. The maximum atomic E-state index is 12.4. The van der Waals surface area contributed by atoms with Gasteiger partial charge in [0.05, 0.1) is 16.7 Å². The van der Waals surface area contributed by atoms with Crippen molar-refractivity contribution in [1.29, 1.82) is 0 Å². The summed E-state index contributed by atoms with van der Waals surface area (Å²) in [7, 11) is 0. The van der Waals surface area contributed by atoms with E-state index in [4.69, 9.17) is 0 Å². The topological polar surface area (TPSA) is 179 Å². The molecule has 0 saturated carbocycles. The Morgan fingerprint density at radius 1 is 0.357 bits per heavy atom. The third-order valence-corrected chi connectivity index (χ3v) is 11.7. The zero-order chi connectivity index (χ0) is 62.4. The summed E-state index contributed by atoms with van der Waals surface area (Å²) < 4.78 is 250. The van der Waals surface area contributed by atoms with Crippen molar-refractivity contribution in [1.82, 2.24) is 31.9 Å². The van der Waals surface area contributed by atoms with Crippen molar-refractivity contribution >= 4 is 17.7 Å². The molecule has 0 radical (unpaired) electrons. The number of amides is 3. The van der Waals surface area contributed by atoms with Crippen LogP contribution in [0.3, 0.4) is 0 Å². The molecule has 0 spiro atoms. The van der Waals surface area contributed by atoms with Gasteiger partial charge in [-0.2, -0.15) is 79.0 Å². The lowest BCUT2D eigenvalue weighted by atomic mass is 10.0. The van der Waals surface area contributed by atoms with Crippen LogP contribution in [0.4, 0.5) is 79.0 Å². The van der Waals surface area contributed by atoms with Gasteiger partial charge in [-0.1, -0.05) is 19.3 Å². The Bertz CT molecular complexity index is 2240. The average molecular weight is 1240 g/mol. The minimum Gasteiger partial charge on any atom is -0.484 e. The van der Waals surface area contributed by atoms with E-state index in [-0.39, 0.29) is 71.7 Å². The van der Waals surface area contributed by atoms with E-state index in [1.807, 2.05) is 0 Å². The Hall–Kier alpha value is -6.51. The van der Waals surface area contributed by atoms with Crippen LogP contribution < -0.4 is 60.3 Å². The van der Waals surface area contributed by atoms with E-state index in [0.717, 1.165) is 132 Å². The van der Waals surface area contributed by atoms with Crippen molar-refractivity contribution in [3.63, 3.8) is 0 Å². The molecule has 3 atom stereocenters. The summed E-state index contributed by atoms with van der Waals surface area (Å²) in [5.74, 6) is -4.40. The van der Waals surface area contributed by atoms with Crippen LogP contribution in [-0.2, 0) is 0 Å². The maximum Gasteiger partial charge on any atom is 0.422 e. The second-order valence-electron chi connectivity index (χ2n) is 19.0. The first kappa shape index (κ1) is 70.0. The second kappa shape index (κ2) is 32.1. The molecule has 3 amide bonds. The Kier molecular flexibility index (Phi) is 26.8. The molecule has 3 fully saturated rings. The van der Waals surface area contributed by atoms with Crippen molar-refractivity contribution in [2.45, 2.75) is 113 Å². The quantitative estimate of drug-likeness (QED) is 0.0557. The summed E-state index contributed by atoms with van der Waals surface area (Å²) in [6.45, 7) is -6.64. The van der Waals surface area contributed by atoms with E-state index in [1.165, 1.54) is 0 Å². The smallest absolute Gasteiger partial charge is 0.422 e. The van der Waals surface area contributed by atoms with Gasteiger partial charge in [-0.3, -0.25) is 14.4 Å². The van der Waals surface area contributed by atoms with E-state index < -0.39 is 112 Å². The molecule has 3 aliphatic heterocycles. The van der Waals surface area contributed by atoms with Crippen LogP contribution in [0.2, 0.25) is 0 Å². The highest BCUT2D eigenvalue weighted by molar-refractivity contribution is 5.98. The van der Waals surface area contributed by atoms with Crippen LogP contribution in [-0.4, -0.2) is 152 Å². The standard InChI is InChI=1S/3C17H20F6N2O3/c3*18-16(19,20)9-27-12-4-5-14(28-10-17(21,22)23)13(7-12)15(26)25-8-11-3-1-2-6-24-11/h3*4-5,7,11,24H,1-3,6,8-10H2,(H,25,26). The van der Waals surface area contributed by atoms with Gasteiger partial charge in [0.25, 0.3) is 17.7 Å². The number of hydrogen-bond acceptors (Lipinski definition) is 12. The summed E-state index contributed by atoms with van der Waals surface area (Å²) in [5, 5.41) is 17.3. The highest BCUT2D eigenvalue weighted by Gasteiger charge is 2.34. The predicted molar refractivity (Wildman–Crippen MR) is 263 cm³/mol. The van der Waals surface area contributed by atoms with E-state index in [9.17, 15) is 93.4 Å². The summed E-state index contributed by atoms with van der Waals surface area (Å²) in [6.07, 6.45) is -19.2. The van der Waals surface area contributed by atoms with Gasteiger partial charge >= 0.3 is 37.1 Å². The van der Waals surface area contributed by atoms with Crippen molar-refractivity contribution in [2.24, 2.45) is 0 Å². The highest BCUT2D eigenvalue weighted by atomic mass is 19.4. The van der Waals surface area contributed by atoms with Gasteiger partial charge in [0.1, 0.15) is 34.5 Å². The largest absolute Gasteiger partial charge is 0.484 e. The van der Waals surface area contributed by atoms with Gasteiger partial charge in [0.2, 0.25) is 0 Å². The molecular weight excluding hydrogens is 1180 g/mol. The molecule has 3 saturated heterocycles. The van der Waals surface area contributed by atoms with Crippen molar-refractivity contribution in [3.8, 4) is 34.5 Å². The second-order valence-corrected chi connectivity index (χ2v) is 19.0. The van der Waals surface area contributed by atoms with Crippen LogP contribution in [0.5, 0.6) is 34.5 Å². The van der Waals surface area contributed by atoms with E-state index in [0.29, 0.717) is 0 Å². The first-order valence-corrected chi connectivity index (χ1v) is 25.7. The van der Waals surface area contributed by atoms with Crippen molar-refractivity contribution < 1.29 is 122 Å². The molecular formula is C51H60F18N6O9. The molecule has 0 aromatic heterocycles. The van der Waals surface area contributed by atoms with Gasteiger partial charge in [-0.05, 0) is 113 Å². The van der Waals surface area contributed by atoms with Gasteiger partial charge in [0.15, 0.2) is 39.6 Å². The van der Waals surface area contributed by atoms with Crippen LogP contribution in [0, 0.1) is 0 Å². The summed E-state index contributed by atoms with van der Waals surface area (Å²) in [4.78, 5) is 37.2. The van der Waals surface area contributed by atoms with Crippen LogP contribution in [0.25, 0.3) is 0 Å². The molecule has 474 valence electrons. The minimum atomic E-state index is -4.63. The molecule has 0 aliphatic carbocycles. The summed E-state index contributed by atoms with van der Waals surface area (Å²) >= 11 is 0. The maximum absolute atomic E-state index is 12.4. The molecule has 0 bridgehead atoms. The van der Waals surface area contributed by atoms with Gasteiger partial charge < -0.3 is 60.3 Å². The molecule has 15 nitrogen and oxygen atoms in total. The molecule has 6 N–H and O–H groups in total. The lowest BCUT2D eigenvalue weighted by molar-refractivity contribution is -0.154. The summed E-state index contributed by atoms with van der Waals surface area (Å²) in [5.41, 5.74) is -1.00. The number of hydrogen-bond donors (Lipinski definition) is 6. The normalized spacial score (nSPS) is 17.9. The fourth-order valence-corrected chi connectivity index (χ4v) is 7.91. The summed E-state index contributed by atoms with van der Waals surface area (Å²) in [6, 6.07) is 8.81. The molecule has 3 unspecified atom stereocenters. The van der Waals surface area contributed by atoms with Crippen molar-refractivity contribution in [3.05, 3.63) is 71.3 Å². The van der Waals surface area contributed by atoms with Gasteiger partial charge in [-0.15, -0.1) is 0 Å². The Labute approximate surface area is 468 Å². The van der Waals surface area contributed by atoms with Crippen LogP contribution in [0.15, 0.2) is 54.6 Å². The number of ether oxygens (including phenoxy) is 6. The lowest BCUT2D eigenvalue weighted by Crippen LogP contribution is -2.43. The number of alkyl halides is 18. The Morgan fingerprint density at radius 3 is 0.786 bits per heavy atom. The number of piperidine rings is 3. The van der Waals surface area contributed by atoms with Crippen LogP contribution in [0.1, 0.15) is 88.9 Å². The highest BCUT2D eigenvalue weighted by Crippen LogP contribution is 2.32. The monoisotopic (exact) mass is 1240 g/mol. The Balaban J connectivity index is 0.000000270. The van der Waals surface area contributed by atoms with Crippen molar-refractivity contribution in [2.75, 3.05) is 78.9 Å².